The van der Waals surface area contributed by atoms with Crippen LogP contribution in [0, 0.1) is 5.92 Å². The molecular formula is C28H46N4O7. The molecule has 11 nitrogen and oxygen atoms in total. The van der Waals surface area contributed by atoms with Crippen LogP contribution in [-0.2, 0) is 20.7 Å². The van der Waals surface area contributed by atoms with Crippen LogP contribution in [-0.4, -0.2) is 66.4 Å². The van der Waals surface area contributed by atoms with Gasteiger partial charge < -0.3 is 35.6 Å². The molecule has 1 unspecified atom stereocenters. The van der Waals surface area contributed by atoms with Crippen molar-refractivity contribution in [1.82, 2.24) is 21.3 Å². The summed E-state index contributed by atoms with van der Waals surface area (Å²) in [5.41, 5.74) is 0.787. The Morgan fingerprint density at radius 3 is 2.28 bits per heavy atom. The van der Waals surface area contributed by atoms with Gasteiger partial charge in [0.2, 0.25) is 0 Å². The summed E-state index contributed by atoms with van der Waals surface area (Å²) in [5.74, 6) is -1.37. The number of allylic oxidation sites excluding steroid dienone is 1. The second-order valence-corrected chi connectivity index (χ2v) is 10.3. The van der Waals surface area contributed by atoms with E-state index in [0.29, 0.717) is 50.2 Å². The fraction of sp³-hybridized carbons (Fsp3) is 0.607. The van der Waals surface area contributed by atoms with E-state index < -0.39 is 30.0 Å². The van der Waals surface area contributed by atoms with Crippen LogP contribution in [0.25, 0.3) is 0 Å². The number of aliphatic hydroxyl groups excluding tert-OH is 1. The van der Waals surface area contributed by atoms with Gasteiger partial charge in [-0.15, -0.1) is 0 Å². The molecule has 6 N–H and O–H groups in total. The molecule has 0 spiro atoms. The number of hydrogen-bond acceptors (Lipinski definition) is 8. The molecular weight excluding hydrogens is 504 g/mol. The summed E-state index contributed by atoms with van der Waals surface area (Å²) >= 11 is 0. The highest BCUT2D eigenvalue weighted by molar-refractivity contribution is 5.93. The zero-order valence-electron chi connectivity index (χ0n) is 24.0. The van der Waals surface area contributed by atoms with Crippen molar-refractivity contribution in [3.63, 3.8) is 0 Å². The number of alkyl carbamates (subject to hydrolysis) is 1. The molecule has 0 bridgehead atoms. The van der Waals surface area contributed by atoms with Crippen molar-refractivity contribution in [3.05, 3.63) is 41.6 Å². The maximum absolute atomic E-state index is 12.6. The van der Waals surface area contributed by atoms with E-state index in [0.717, 1.165) is 5.56 Å². The summed E-state index contributed by atoms with van der Waals surface area (Å²) in [6.45, 7) is 9.90. The van der Waals surface area contributed by atoms with Crippen molar-refractivity contribution in [2.24, 2.45) is 5.92 Å². The topological polar surface area (TPSA) is 158 Å². The van der Waals surface area contributed by atoms with Gasteiger partial charge in [0.25, 0.3) is 12.3 Å². The van der Waals surface area contributed by atoms with Crippen LogP contribution in [0.2, 0.25) is 0 Å². The quantitative estimate of drug-likeness (QED) is 0.0974. The maximum Gasteiger partial charge on any atom is 0.407 e. The Balaban J connectivity index is 2.55. The van der Waals surface area contributed by atoms with Crippen molar-refractivity contribution in [2.45, 2.75) is 84.8 Å². The number of carboxylic acid groups (broad SMARTS) is 1. The molecule has 0 aromatic heterocycles. The number of benzene rings is 1. The van der Waals surface area contributed by atoms with E-state index >= 15 is 0 Å². The molecule has 0 fully saturated rings. The lowest BCUT2D eigenvalue weighted by Gasteiger charge is -2.22. The second-order valence-electron chi connectivity index (χ2n) is 10.3. The number of rotatable bonds is 17. The summed E-state index contributed by atoms with van der Waals surface area (Å²) in [5, 5.41) is 30.8. The van der Waals surface area contributed by atoms with E-state index in [1.54, 1.807) is 53.0 Å². The third kappa shape index (κ3) is 15.0. The normalized spacial score (nSPS) is 14.1. The largest absolute Gasteiger partial charge is 0.481 e. The Morgan fingerprint density at radius 1 is 1.08 bits per heavy atom. The van der Waals surface area contributed by atoms with Gasteiger partial charge in [0.1, 0.15) is 11.4 Å². The molecule has 39 heavy (non-hydrogen) atoms. The summed E-state index contributed by atoms with van der Waals surface area (Å²) in [6, 6.07) is 6.66. The smallest absolute Gasteiger partial charge is 0.407 e. The van der Waals surface area contributed by atoms with Gasteiger partial charge in [-0.1, -0.05) is 32.1 Å². The molecule has 2 amide bonds. The number of likely N-dealkylation sites (N-methyl/N-ethyl adjacent to an activating group) is 1. The Labute approximate surface area is 231 Å². The van der Waals surface area contributed by atoms with Crippen LogP contribution in [0.15, 0.2) is 36.0 Å². The fourth-order valence-electron chi connectivity index (χ4n) is 3.64. The van der Waals surface area contributed by atoms with Crippen LogP contribution in [0.5, 0.6) is 5.75 Å². The number of aliphatic carboxylic acids is 1. The minimum atomic E-state index is -1.21. The number of aliphatic hydroxyl groups is 1. The first-order valence-electron chi connectivity index (χ1n) is 13.4. The van der Waals surface area contributed by atoms with Gasteiger partial charge in [-0.3, -0.25) is 14.9 Å². The fourth-order valence-corrected chi connectivity index (χ4v) is 3.64. The van der Waals surface area contributed by atoms with Gasteiger partial charge in [0.05, 0.1) is 11.6 Å². The van der Waals surface area contributed by atoms with Gasteiger partial charge in [-0.25, -0.2) is 4.79 Å². The third-order valence-corrected chi connectivity index (χ3v) is 5.56. The average molecular weight is 551 g/mol. The number of carboxylic acids is 1. The van der Waals surface area contributed by atoms with Crippen LogP contribution in [0.3, 0.4) is 0 Å². The van der Waals surface area contributed by atoms with Gasteiger partial charge in [-0.2, -0.15) is 0 Å². The highest BCUT2D eigenvalue weighted by Crippen LogP contribution is 2.17. The maximum atomic E-state index is 12.6. The third-order valence-electron chi connectivity index (χ3n) is 5.56. The summed E-state index contributed by atoms with van der Waals surface area (Å²) in [4.78, 5) is 35.7. The standard InChI is InChI=1S/C28H46N4O7/c1-7-10-23(29-6)24(33)32-21(17-19(2)25(34)35)18-20-11-13-22(14-12-20)38-26(36)30-15-8-9-16-31-27(37)39-28(3,4)5/h10-14,19,21,26,29-30,36H,7-9,15-18H2,1-6H3,(H,31,37)(H,32,33)(H,34,35)/b23-10-/t19-,21+,26?/m0/s1. The first kappa shape index (κ1) is 33.7. The highest BCUT2D eigenvalue weighted by Gasteiger charge is 2.22. The molecule has 0 saturated carbocycles. The Bertz CT molecular complexity index is 929. The van der Waals surface area contributed by atoms with Crippen LogP contribution < -0.4 is 26.0 Å². The summed E-state index contributed by atoms with van der Waals surface area (Å²) in [7, 11) is 1.67. The van der Waals surface area contributed by atoms with E-state index in [2.05, 4.69) is 21.3 Å². The number of ether oxygens (including phenoxy) is 2. The Morgan fingerprint density at radius 2 is 1.72 bits per heavy atom. The second kappa shape index (κ2) is 17.3. The Hall–Kier alpha value is -3.31. The van der Waals surface area contributed by atoms with Crippen molar-refractivity contribution in [1.29, 1.82) is 0 Å². The van der Waals surface area contributed by atoms with E-state index in [-0.39, 0.29) is 18.4 Å². The molecule has 0 aliphatic carbocycles. The van der Waals surface area contributed by atoms with Crippen LogP contribution >= 0.6 is 0 Å². The molecule has 1 aromatic carbocycles. The average Bonchev–Trinajstić information content (AvgIpc) is 2.84. The number of unbranched alkanes of at least 4 members (excludes halogenated alkanes) is 1. The Kier molecular flexibility index (Phi) is 15.0. The number of nitrogens with one attached hydrogen (secondary N) is 4. The van der Waals surface area contributed by atoms with Gasteiger partial charge in [0.15, 0.2) is 0 Å². The van der Waals surface area contributed by atoms with E-state index in [1.165, 1.54) is 0 Å². The van der Waals surface area contributed by atoms with Crippen molar-refractivity contribution in [3.8, 4) is 5.75 Å². The minimum absolute atomic E-state index is 0.276. The molecule has 0 saturated heterocycles. The molecule has 3 atom stereocenters. The van der Waals surface area contributed by atoms with Gasteiger partial charge >= 0.3 is 12.1 Å². The first-order valence-corrected chi connectivity index (χ1v) is 13.4. The van der Waals surface area contributed by atoms with E-state index in [1.807, 2.05) is 19.1 Å². The SMILES string of the molecule is CC/C=C(\NC)C(=O)N[C@@H](Cc1ccc(OC(O)NCCCCNC(=O)OC(C)(C)C)cc1)C[C@H](C)C(=O)O. The number of carbonyl (C=O) groups excluding carboxylic acids is 2. The highest BCUT2D eigenvalue weighted by atomic mass is 16.6. The minimum Gasteiger partial charge on any atom is -0.481 e. The molecule has 11 heteroatoms. The van der Waals surface area contributed by atoms with Crippen molar-refractivity contribution >= 4 is 18.0 Å². The predicted molar refractivity (Wildman–Crippen MR) is 149 cm³/mol. The van der Waals surface area contributed by atoms with Crippen LogP contribution in [0.4, 0.5) is 4.79 Å². The molecule has 220 valence electrons. The van der Waals surface area contributed by atoms with Crippen molar-refractivity contribution < 1.29 is 34.1 Å². The number of carbonyl (C=O) groups is 3. The lowest BCUT2D eigenvalue weighted by atomic mass is 9.96. The zero-order valence-corrected chi connectivity index (χ0v) is 24.0. The summed E-state index contributed by atoms with van der Waals surface area (Å²) < 4.78 is 10.7. The lowest BCUT2D eigenvalue weighted by Crippen LogP contribution is -2.41. The first-order chi connectivity index (χ1) is 18.3. The molecule has 1 rings (SSSR count). The number of amides is 2. The monoisotopic (exact) mass is 550 g/mol. The number of hydrogen-bond donors (Lipinski definition) is 6. The van der Waals surface area contributed by atoms with E-state index in [9.17, 15) is 24.6 Å². The van der Waals surface area contributed by atoms with Gasteiger partial charge in [-0.05, 0) is 70.6 Å². The van der Waals surface area contributed by atoms with Crippen molar-refractivity contribution in [2.75, 3.05) is 20.1 Å². The molecule has 0 aliphatic heterocycles. The molecule has 0 radical (unpaired) electrons. The predicted octanol–water partition coefficient (Wildman–Crippen LogP) is 2.89. The van der Waals surface area contributed by atoms with E-state index in [4.69, 9.17) is 9.47 Å². The van der Waals surface area contributed by atoms with Gasteiger partial charge in [0, 0.05) is 26.2 Å². The molecule has 0 aliphatic rings. The lowest BCUT2D eigenvalue weighted by molar-refractivity contribution is -0.141. The van der Waals surface area contributed by atoms with Crippen LogP contribution in [0.1, 0.15) is 65.9 Å². The summed E-state index contributed by atoms with van der Waals surface area (Å²) in [6.07, 6.45) is 2.93. The zero-order chi connectivity index (χ0) is 29.4. The molecule has 1 aromatic rings. The molecule has 0 heterocycles.